The molecule has 0 atom stereocenters. The van der Waals surface area contributed by atoms with E-state index >= 15 is 0 Å². The molecule has 0 saturated carbocycles. The number of anilines is 1. The summed E-state index contributed by atoms with van der Waals surface area (Å²) >= 11 is 3.35. The molecular weight excluding hydrogens is 298 g/mol. The molecule has 2 aromatic rings. The Labute approximate surface area is 111 Å². The fourth-order valence-electron chi connectivity index (χ4n) is 1.47. The number of hydrogen-bond donors (Lipinski definition) is 2. The highest BCUT2D eigenvalue weighted by Gasteiger charge is 2.08. The summed E-state index contributed by atoms with van der Waals surface area (Å²) in [5.74, 6) is -0.372. The number of aromatic amines is 1. The van der Waals surface area contributed by atoms with E-state index in [9.17, 15) is 9.59 Å². The van der Waals surface area contributed by atoms with E-state index in [1.165, 1.54) is 12.1 Å². The molecule has 6 heteroatoms. The molecule has 1 heterocycles. The van der Waals surface area contributed by atoms with Crippen LogP contribution in [0.5, 0.6) is 0 Å². The van der Waals surface area contributed by atoms with Crippen LogP contribution in [0.1, 0.15) is 16.1 Å². The molecule has 0 spiro atoms. The minimum Gasteiger partial charge on any atom is -0.321 e. The molecule has 0 saturated heterocycles. The molecule has 0 aliphatic carbocycles. The molecule has 1 aromatic heterocycles. The molecule has 0 bridgehead atoms. The number of H-pyrrole nitrogens is 1. The number of rotatable bonds is 2. The first-order valence-electron chi connectivity index (χ1n) is 5.19. The summed E-state index contributed by atoms with van der Waals surface area (Å²) in [6, 6.07) is 8.20. The minimum atomic E-state index is -0.372. The Balaban J connectivity index is 2.21. The lowest BCUT2D eigenvalue weighted by molar-refractivity contribution is 0.102. The average molecular weight is 308 g/mol. The van der Waals surface area contributed by atoms with Crippen molar-refractivity contribution in [2.45, 2.75) is 6.92 Å². The van der Waals surface area contributed by atoms with Crippen LogP contribution in [-0.4, -0.2) is 16.1 Å². The molecule has 1 aromatic carbocycles. The lowest BCUT2D eigenvalue weighted by atomic mass is 10.2. The summed E-state index contributed by atoms with van der Waals surface area (Å²) in [6.07, 6.45) is 0. The van der Waals surface area contributed by atoms with Crippen LogP contribution in [0, 0.1) is 6.92 Å². The Morgan fingerprint density at radius 2 is 2.11 bits per heavy atom. The van der Waals surface area contributed by atoms with Gasteiger partial charge in [0, 0.05) is 16.2 Å². The van der Waals surface area contributed by atoms with E-state index < -0.39 is 0 Å². The number of benzene rings is 1. The standard InChI is InChI=1S/C12H10BrN3O2/c1-7-4-8(13)6-9(5-7)14-12(18)10-2-3-11(17)16-15-10/h2-6H,1H3,(H,14,18)(H,16,17). The number of nitrogens with one attached hydrogen (secondary N) is 2. The third kappa shape index (κ3) is 3.04. The van der Waals surface area contributed by atoms with Crippen molar-refractivity contribution < 1.29 is 4.79 Å². The van der Waals surface area contributed by atoms with Crippen molar-refractivity contribution in [3.8, 4) is 0 Å². The van der Waals surface area contributed by atoms with Gasteiger partial charge in [0.25, 0.3) is 11.5 Å². The molecule has 0 aliphatic heterocycles. The second-order valence-corrected chi connectivity index (χ2v) is 4.69. The lowest BCUT2D eigenvalue weighted by Gasteiger charge is -2.06. The summed E-state index contributed by atoms with van der Waals surface area (Å²) in [6.45, 7) is 1.93. The molecule has 2 rings (SSSR count). The monoisotopic (exact) mass is 307 g/mol. The molecule has 1 amide bonds. The van der Waals surface area contributed by atoms with Crippen LogP contribution in [0.4, 0.5) is 5.69 Å². The average Bonchev–Trinajstić information content (AvgIpc) is 2.28. The molecule has 0 unspecified atom stereocenters. The summed E-state index contributed by atoms with van der Waals surface area (Å²) in [7, 11) is 0. The molecule has 0 aliphatic rings. The Bertz CT molecular complexity index is 611. The first kappa shape index (κ1) is 12.5. The highest BCUT2D eigenvalue weighted by atomic mass is 79.9. The summed E-state index contributed by atoms with van der Waals surface area (Å²) < 4.78 is 0.882. The molecule has 18 heavy (non-hydrogen) atoms. The lowest BCUT2D eigenvalue weighted by Crippen LogP contribution is -2.17. The van der Waals surface area contributed by atoms with E-state index in [0.29, 0.717) is 5.69 Å². The van der Waals surface area contributed by atoms with Gasteiger partial charge in [0.05, 0.1) is 0 Å². The third-order valence-corrected chi connectivity index (χ3v) is 2.67. The maximum absolute atomic E-state index is 11.8. The van der Waals surface area contributed by atoms with E-state index in [4.69, 9.17) is 0 Å². The van der Waals surface area contributed by atoms with Gasteiger partial charge in [0.15, 0.2) is 0 Å². The number of carbonyl (C=O) groups is 1. The predicted molar refractivity (Wildman–Crippen MR) is 71.7 cm³/mol. The van der Waals surface area contributed by atoms with E-state index in [0.717, 1.165) is 10.0 Å². The number of nitrogens with zero attached hydrogens (tertiary/aromatic N) is 1. The Morgan fingerprint density at radius 3 is 2.72 bits per heavy atom. The number of carbonyl (C=O) groups excluding carboxylic acids is 1. The zero-order valence-corrected chi connectivity index (χ0v) is 11.1. The van der Waals surface area contributed by atoms with Crippen molar-refractivity contribution in [2.24, 2.45) is 0 Å². The fraction of sp³-hybridized carbons (Fsp3) is 0.0833. The maximum atomic E-state index is 11.8. The smallest absolute Gasteiger partial charge is 0.276 e. The number of aromatic nitrogens is 2. The van der Waals surface area contributed by atoms with Gasteiger partial charge in [-0.1, -0.05) is 15.9 Å². The van der Waals surface area contributed by atoms with Crippen LogP contribution in [0.25, 0.3) is 0 Å². The number of aryl methyl sites for hydroxylation is 1. The van der Waals surface area contributed by atoms with Gasteiger partial charge in [0.1, 0.15) is 5.69 Å². The first-order valence-corrected chi connectivity index (χ1v) is 5.98. The van der Waals surface area contributed by atoms with Gasteiger partial charge in [-0.25, -0.2) is 5.10 Å². The topological polar surface area (TPSA) is 74.8 Å². The molecule has 5 nitrogen and oxygen atoms in total. The van der Waals surface area contributed by atoms with Crippen LogP contribution in [-0.2, 0) is 0 Å². The van der Waals surface area contributed by atoms with E-state index in [2.05, 4.69) is 31.4 Å². The summed E-state index contributed by atoms with van der Waals surface area (Å²) in [4.78, 5) is 22.7. The van der Waals surface area contributed by atoms with E-state index in [1.54, 1.807) is 6.07 Å². The van der Waals surface area contributed by atoms with Crippen molar-refractivity contribution in [3.05, 3.63) is 56.4 Å². The van der Waals surface area contributed by atoms with Crippen LogP contribution in [0.2, 0.25) is 0 Å². The SMILES string of the molecule is Cc1cc(Br)cc(NC(=O)c2ccc(=O)[nH]n2)c1. The van der Waals surface area contributed by atoms with Crippen LogP contribution < -0.4 is 10.9 Å². The second kappa shape index (κ2) is 5.14. The van der Waals surface area contributed by atoms with Crippen molar-refractivity contribution in [1.82, 2.24) is 10.2 Å². The van der Waals surface area contributed by atoms with Gasteiger partial charge in [-0.3, -0.25) is 9.59 Å². The summed E-state index contributed by atoms with van der Waals surface area (Å²) in [5, 5.41) is 8.58. The normalized spacial score (nSPS) is 10.1. The highest BCUT2D eigenvalue weighted by molar-refractivity contribution is 9.10. The van der Waals surface area contributed by atoms with Gasteiger partial charge in [0.2, 0.25) is 0 Å². The van der Waals surface area contributed by atoms with Crippen molar-refractivity contribution in [2.75, 3.05) is 5.32 Å². The highest BCUT2D eigenvalue weighted by Crippen LogP contribution is 2.19. The molecule has 0 radical (unpaired) electrons. The van der Waals surface area contributed by atoms with Crippen molar-refractivity contribution >= 4 is 27.5 Å². The van der Waals surface area contributed by atoms with Crippen LogP contribution in [0.15, 0.2) is 39.6 Å². The predicted octanol–water partition coefficient (Wildman–Crippen LogP) is 2.09. The van der Waals surface area contributed by atoms with Gasteiger partial charge < -0.3 is 5.32 Å². The minimum absolute atomic E-state index is 0.159. The van der Waals surface area contributed by atoms with Gasteiger partial charge in [-0.15, -0.1) is 0 Å². The number of amides is 1. The zero-order chi connectivity index (χ0) is 13.1. The third-order valence-electron chi connectivity index (χ3n) is 2.21. The quantitative estimate of drug-likeness (QED) is 0.892. The maximum Gasteiger partial charge on any atom is 0.276 e. The Kier molecular flexibility index (Phi) is 3.57. The molecular formula is C12H10BrN3O2. The Morgan fingerprint density at radius 1 is 1.33 bits per heavy atom. The largest absolute Gasteiger partial charge is 0.321 e. The molecule has 92 valence electrons. The van der Waals surface area contributed by atoms with Crippen LogP contribution >= 0.6 is 15.9 Å². The van der Waals surface area contributed by atoms with Gasteiger partial charge in [-0.2, -0.15) is 5.10 Å². The number of halogens is 1. The number of hydrogen-bond acceptors (Lipinski definition) is 3. The van der Waals surface area contributed by atoms with Crippen molar-refractivity contribution in [3.63, 3.8) is 0 Å². The first-order chi connectivity index (χ1) is 8.54. The Hall–Kier alpha value is -1.95. The van der Waals surface area contributed by atoms with E-state index in [-0.39, 0.29) is 17.2 Å². The fourth-order valence-corrected chi connectivity index (χ4v) is 2.08. The van der Waals surface area contributed by atoms with E-state index in [1.807, 2.05) is 19.1 Å². The zero-order valence-electron chi connectivity index (χ0n) is 9.53. The second-order valence-electron chi connectivity index (χ2n) is 3.78. The van der Waals surface area contributed by atoms with Gasteiger partial charge in [-0.05, 0) is 36.8 Å². The summed E-state index contributed by atoms with van der Waals surface area (Å²) in [5.41, 5.74) is 1.51. The molecule has 2 N–H and O–H groups in total. The van der Waals surface area contributed by atoms with Crippen molar-refractivity contribution in [1.29, 1.82) is 0 Å². The van der Waals surface area contributed by atoms with Gasteiger partial charge >= 0.3 is 0 Å². The van der Waals surface area contributed by atoms with Crippen LogP contribution in [0.3, 0.4) is 0 Å². The molecule has 0 fully saturated rings.